The molecule has 0 saturated carbocycles. The number of rotatable bonds is 12. The number of unbranched alkanes of at least 4 members (excludes halogenated alkanes) is 6. The fraction of sp³-hybridized carbons (Fsp3) is 0.769. The summed E-state index contributed by atoms with van der Waals surface area (Å²) in [4.78, 5) is 40.2. The minimum atomic E-state index is -0.615. The number of carbonyl (C=O) groups excluding carboxylic acids is 3. The third kappa shape index (κ3) is 12.4. The van der Waals surface area contributed by atoms with E-state index in [2.05, 4.69) is 15.0 Å². The average molecular weight is 265 g/mol. The first-order valence-corrected chi connectivity index (χ1v) is 6.52. The van der Waals surface area contributed by atoms with Gasteiger partial charge in [-0.25, -0.2) is 19.4 Å². The van der Waals surface area contributed by atoms with Gasteiger partial charge < -0.3 is 0 Å². The third-order valence-electron chi connectivity index (χ3n) is 2.70. The maximum Gasteiger partial charge on any atom is 0.237 e. The number of hydrogen-bond acceptors (Lipinski definition) is 6. The van der Waals surface area contributed by atoms with Gasteiger partial charge in [-0.1, -0.05) is 32.1 Å². The molecule has 0 aromatic heterocycles. The molecule has 6 nitrogen and oxygen atoms in total. The molecule has 0 radical (unpaired) electrons. The molecule has 0 aromatic rings. The van der Waals surface area contributed by atoms with E-state index in [0.29, 0.717) is 13.0 Å². The summed E-state index contributed by atoms with van der Waals surface area (Å²) in [6.07, 6.45) is 11.5. The van der Waals surface area contributed by atoms with Gasteiger partial charge in [0.25, 0.3) is 0 Å². The van der Waals surface area contributed by atoms with Gasteiger partial charge in [-0.15, -0.1) is 0 Å². The molecule has 0 unspecified atom stereocenters. The van der Waals surface area contributed by atoms with Gasteiger partial charge in [0.2, 0.25) is 18.2 Å². The van der Waals surface area contributed by atoms with Gasteiger partial charge in [0.1, 0.15) is 0 Å². The topological polar surface area (TPSA) is 88.3 Å². The van der Waals surface area contributed by atoms with Crippen LogP contribution in [-0.2, 0) is 14.4 Å². The monoisotopic (exact) mass is 265 g/mol. The first kappa shape index (κ1) is 17.1. The van der Waals surface area contributed by atoms with Crippen molar-refractivity contribution in [1.82, 2.24) is 0 Å². The highest BCUT2D eigenvalue weighted by Crippen LogP contribution is 2.11. The second kappa shape index (κ2) is 14.2. The lowest BCUT2D eigenvalue weighted by molar-refractivity contribution is 0.518. The molecule has 0 spiro atoms. The Balaban J connectivity index is 3.41. The highest BCUT2D eigenvalue weighted by Gasteiger charge is 2.03. The van der Waals surface area contributed by atoms with Crippen molar-refractivity contribution in [3.8, 4) is 0 Å². The second-order valence-electron chi connectivity index (χ2n) is 4.16. The zero-order chi connectivity index (χ0) is 14.2. The number of nitrogens with zero attached hydrogens (tertiary/aromatic N) is 3. The van der Waals surface area contributed by atoms with Crippen LogP contribution in [0.4, 0.5) is 0 Å². The lowest BCUT2D eigenvalue weighted by Gasteiger charge is -2.03. The minimum Gasteiger partial charge on any atom is -0.211 e. The summed E-state index contributed by atoms with van der Waals surface area (Å²) in [5.41, 5.74) is 0. The highest BCUT2D eigenvalue weighted by atomic mass is 16.1. The van der Waals surface area contributed by atoms with Crippen molar-refractivity contribution in [3.63, 3.8) is 0 Å². The number of hydrogen-bond donors (Lipinski definition) is 0. The van der Waals surface area contributed by atoms with E-state index in [0.717, 1.165) is 44.9 Å². The van der Waals surface area contributed by atoms with E-state index in [4.69, 9.17) is 0 Å². The molecule has 0 N–H and O–H groups in total. The van der Waals surface area contributed by atoms with Crippen LogP contribution in [0.25, 0.3) is 0 Å². The van der Waals surface area contributed by atoms with E-state index in [9.17, 15) is 14.4 Å². The Labute approximate surface area is 112 Å². The molecule has 0 saturated heterocycles. The Morgan fingerprint density at radius 1 is 0.684 bits per heavy atom. The van der Waals surface area contributed by atoms with E-state index >= 15 is 0 Å². The van der Waals surface area contributed by atoms with E-state index in [1.165, 1.54) is 18.2 Å². The summed E-state index contributed by atoms with van der Waals surface area (Å²) < 4.78 is 0. The molecule has 0 aliphatic carbocycles. The van der Waals surface area contributed by atoms with Crippen LogP contribution in [0.15, 0.2) is 15.0 Å². The lowest BCUT2D eigenvalue weighted by atomic mass is 10.1. The van der Waals surface area contributed by atoms with E-state index in [1.54, 1.807) is 0 Å². The number of isocyanates is 3. The van der Waals surface area contributed by atoms with E-state index in [-0.39, 0.29) is 0 Å². The summed E-state index contributed by atoms with van der Waals surface area (Å²) >= 11 is 0. The summed E-state index contributed by atoms with van der Waals surface area (Å²) in [5.74, 6) is 0. The summed E-state index contributed by atoms with van der Waals surface area (Å²) in [7, 11) is 0. The fourth-order valence-corrected chi connectivity index (χ4v) is 1.73. The summed E-state index contributed by atoms with van der Waals surface area (Å²) in [6.45, 7) is 0.568. The first-order valence-electron chi connectivity index (χ1n) is 6.52. The molecule has 104 valence electrons. The van der Waals surface area contributed by atoms with Crippen LogP contribution in [0.3, 0.4) is 0 Å². The minimum absolute atomic E-state index is 0.568. The summed E-state index contributed by atoms with van der Waals surface area (Å²) in [5, 5.41) is 0. The average Bonchev–Trinajstić information content (AvgIpc) is 2.41. The van der Waals surface area contributed by atoms with E-state index < -0.39 is 6.17 Å². The largest absolute Gasteiger partial charge is 0.237 e. The Hall–Kier alpha value is -1.86. The SMILES string of the molecule is O=C=NCCCCCCCCCC(N=C=O)N=C=O. The Bertz CT molecular complexity index is 347. The van der Waals surface area contributed by atoms with Gasteiger partial charge in [0, 0.05) is 0 Å². The Morgan fingerprint density at radius 3 is 1.74 bits per heavy atom. The number of aliphatic imine (C=N–C) groups is 3. The van der Waals surface area contributed by atoms with Gasteiger partial charge in [0.15, 0.2) is 6.17 Å². The van der Waals surface area contributed by atoms with Gasteiger partial charge in [-0.05, 0) is 19.3 Å². The smallest absolute Gasteiger partial charge is 0.211 e. The summed E-state index contributed by atoms with van der Waals surface area (Å²) in [6, 6.07) is 0. The standard InChI is InChI=1S/C13H19N3O3/c17-10-14-9-7-5-3-1-2-4-6-8-13(15-11-18)16-12-19/h13H,1-9H2. The molecule has 6 heteroatoms. The predicted molar refractivity (Wildman–Crippen MR) is 70.0 cm³/mol. The maximum absolute atomic E-state index is 10.1. The van der Waals surface area contributed by atoms with Crippen LogP contribution in [0.2, 0.25) is 0 Å². The first-order chi connectivity index (χ1) is 9.35. The Kier molecular flexibility index (Phi) is 12.8. The van der Waals surface area contributed by atoms with Crippen molar-refractivity contribution in [3.05, 3.63) is 0 Å². The van der Waals surface area contributed by atoms with Gasteiger partial charge in [-0.2, -0.15) is 9.98 Å². The molecule has 0 bridgehead atoms. The third-order valence-corrected chi connectivity index (χ3v) is 2.70. The lowest BCUT2D eigenvalue weighted by Crippen LogP contribution is -1.99. The molecule has 0 rings (SSSR count). The molecular formula is C13H19N3O3. The van der Waals surface area contributed by atoms with Crippen LogP contribution in [-0.4, -0.2) is 31.0 Å². The fourth-order valence-electron chi connectivity index (χ4n) is 1.73. The maximum atomic E-state index is 10.1. The molecule has 0 amide bonds. The van der Waals surface area contributed by atoms with Crippen molar-refractivity contribution >= 4 is 18.2 Å². The van der Waals surface area contributed by atoms with Crippen molar-refractivity contribution in [2.75, 3.05) is 6.54 Å². The van der Waals surface area contributed by atoms with E-state index in [1.807, 2.05) is 0 Å². The molecular weight excluding hydrogens is 246 g/mol. The second-order valence-corrected chi connectivity index (χ2v) is 4.16. The molecule has 0 fully saturated rings. The zero-order valence-electron chi connectivity index (χ0n) is 11.0. The molecule has 0 heterocycles. The van der Waals surface area contributed by atoms with Crippen LogP contribution in [0.1, 0.15) is 51.4 Å². The normalized spacial score (nSPS) is 10.7. The predicted octanol–water partition coefficient (Wildman–Crippen LogP) is 2.44. The molecule has 0 atom stereocenters. The van der Waals surface area contributed by atoms with Gasteiger partial charge in [-0.3, -0.25) is 0 Å². The molecule has 0 aliphatic rings. The molecule has 0 aliphatic heterocycles. The van der Waals surface area contributed by atoms with Crippen LogP contribution < -0.4 is 0 Å². The zero-order valence-corrected chi connectivity index (χ0v) is 11.0. The highest BCUT2D eigenvalue weighted by molar-refractivity contribution is 5.36. The van der Waals surface area contributed by atoms with Crippen molar-refractivity contribution in [2.45, 2.75) is 57.5 Å². The van der Waals surface area contributed by atoms with Gasteiger partial charge in [0.05, 0.1) is 6.54 Å². The molecule has 19 heavy (non-hydrogen) atoms. The van der Waals surface area contributed by atoms with Crippen LogP contribution in [0.5, 0.6) is 0 Å². The van der Waals surface area contributed by atoms with Crippen LogP contribution in [0, 0.1) is 0 Å². The Morgan fingerprint density at radius 2 is 1.21 bits per heavy atom. The van der Waals surface area contributed by atoms with Crippen LogP contribution >= 0.6 is 0 Å². The quantitative estimate of drug-likeness (QED) is 0.308. The van der Waals surface area contributed by atoms with Crippen molar-refractivity contribution in [1.29, 1.82) is 0 Å². The molecule has 0 aromatic carbocycles. The van der Waals surface area contributed by atoms with Gasteiger partial charge >= 0.3 is 0 Å². The van der Waals surface area contributed by atoms with Crippen molar-refractivity contribution in [2.24, 2.45) is 15.0 Å². The van der Waals surface area contributed by atoms with Crippen molar-refractivity contribution < 1.29 is 14.4 Å².